The van der Waals surface area contributed by atoms with E-state index in [1.54, 1.807) is 16.8 Å². The van der Waals surface area contributed by atoms with E-state index < -0.39 is 0 Å². The van der Waals surface area contributed by atoms with Gasteiger partial charge in [-0.2, -0.15) is 0 Å². The molecule has 1 aliphatic heterocycles. The first-order valence-electron chi connectivity index (χ1n) is 9.16. The number of rotatable bonds is 3. The summed E-state index contributed by atoms with van der Waals surface area (Å²) in [5, 5.41) is 8.19. The molecule has 27 heavy (non-hydrogen) atoms. The number of carbonyl (C=O) groups is 1. The topological polar surface area (TPSA) is 51.0 Å². The van der Waals surface area contributed by atoms with E-state index in [0.29, 0.717) is 36.1 Å². The van der Waals surface area contributed by atoms with E-state index >= 15 is 0 Å². The third-order valence-electron chi connectivity index (χ3n) is 5.22. The van der Waals surface area contributed by atoms with E-state index in [2.05, 4.69) is 34.6 Å². The Bertz CT molecular complexity index is 929. The monoisotopic (exact) mass is 364 g/mol. The lowest BCUT2D eigenvalue weighted by Gasteiger charge is -2.31. The maximum absolute atomic E-state index is 13.1. The fraction of sp³-hybridized carbons (Fsp3) is 0.286. The molecule has 5 nitrogen and oxygen atoms in total. The Kier molecular flexibility index (Phi) is 4.71. The van der Waals surface area contributed by atoms with Gasteiger partial charge in [0.1, 0.15) is 5.82 Å². The van der Waals surface area contributed by atoms with Gasteiger partial charge in [0.15, 0.2) is 5.69 Å². The van der Waals surface area contributed by atoms with Gasteiger partial charge in [-0.05, 0) is 55.5 Å². The van der Waals surface area contributed by atoms with Gasteiger partial charge in [-0.1, -0.05) is 35.5 Å². The maximum atomic E-state index is 13.1. The average Bonchev–Trinajstić information content (AvgIpc) is 3.10. The third-order valence-corrected chi connectivity index (χ3v) is 5.22. The van der Waals surface area contributed by atoms with Crippen molar-refractivity contribution in [2.24, 2.45) is 0 Å². The fourth-order valence-electron chi connectivity index (χ4n) is 3.65. The van der Waals surface area contributed by atoms with Crippen molar-refractivity contribution in [3.8, 4) is 5.69 Å². The molecule has 0 radical (unpaired) electrons. The molecule has 0 bridgehead atoms. The van der Waals surface area contributed by atoms with E-state index in [0.717, 1.165) is 12.8 Å². The lowest BCUT2D eigenvalue weighted by Crippen LogP contribution is -2.38. The lowest BCUT2D eigenvalue weighted by atomic mass is 9.89. The van der Waals surface area contributed by atoms with E-state index in [-0.39, 0.29) is 11.7 Å². The van der Waals surface area contributed by atoms with Crippen LogP contribution in [0.15, 0.2) is 54.6 Å². The second kappa shape index (κ2) is 7.31. The van der Waals surface area contributed by atoms with Crippen LogP contribution < -0.4 is 0 Å². The van der Waals surface area contributed by atoms with Gasteiger partial charge in [0, 0.05) is 13.1 Å². The van der Waals surface area contributed by atoms with Crippen molar-refractivity contribution in [2.45, 2.75) is 25.7 Å². The molecule has 1 aromatic heterocycles. The molecule has 0 aliphatic carbocycles. The number of amides is 1. The Balaban J connectivity index is 1.47. The zero-order chi connectivity index (χ0) is 18.8. The second-order valence-corrected chi connectivity index (χ2v) is 6.89. The Morgan fingerprint density at radius 1 is 1.04 bits per heavy atom. The average molecular weight is 364 g/mol. The molecule has 138 valence electrons. The van der Waals surface area contributed by atoms with Gasteiger partial charge < -0.3 is 4.90 Å². The molecule has 0 atom stereocenters. The Morgan fingerprint density at radius 3 is 2.37 bits per heavy atom. The van der Waals surface area contributed by atoms with Crippen LogP contribution in [-0.4, -0.2) is 38.9 Å². The van der Waals surface area contributed by atoms with Gasteiger partial charge in [0.05, 0.1) is 11.4 Å². The fourth-order valence-corrected chi connectivity index (χ4v) is 3.65. The molecule has 2 heterocycles. The Hall–Kier alpha value is -3.02. The zero-order valence-corrected chi connectivity index (χ0v) is 15.2. The summed E-state index contributed by atoms with van der Waals surface area (Å²) in [5.41, 5.74) is 3.04. The van der Waals surface area contributed by atoms with Crippen molar-refractivity contribution in [3.05, 3.63) is 77.4 Å². The predicted molar refractivity (Wildman–Crippen MR) is 100 cm³/mol. The van der Waals surface area contributed by atoms with Crippen LogP contribution >= 0.6 is 0 Å². The highest BCUT2D eigenvalue weighted by atomic mass is 19.1. The highest BCUT2D eigenvalue weighted by molar-refractivity contribution is 5.93. The Labute approximate surface area is 157 Å². The van der Waals surface area contributed by atoms with Crippen LogP contribution in [0.5, 0.6) is 0 Å². The summed E-state index contributed by atoms with van der Waals surface area (Å²) >= 11 is 0. The summed E-state index contributed by atoms with van der Waals surface area (Å²) in [7, 11) is 0. The maximum Gasteiger partial charge on any atom is 0.276 e. The zero-order valence-electron chi connectivity index (χ0n) is 15.2. The summed E-state index contributed by atoms with van der Waals surface area (Å²) in [6.45, 7) is 3.23. The number of piperidine rings is 1. The highest BCUT2D eigenvalue weighted by Gasteiger charge is 2.27. The third kappa shape index (κ3) is 3.47. The standard InChI is InChI=1S/C21H21FN4O/c1-15-20(23-24-26(15)19-9-7-18(22)8-10-19)21(27)25-13-11-17(12-14-25)16-5-3-2-4-6-16/h2-10,17H,11-14H2,1H3. The van der Waals surface area contributed by atoms with Gasteiger partial charge in [-0.15, -0.1) is 5.10 Å². The van der Waals surface area contributed by atoms with Crippen molar-refractivity contribution in [2.75, 3.05) is 13.1 Å². The number of aromatic nitrogens is 3. The first-order valence-corrected chi connectivity index (χ1v) is 9.16. The number of carbonyl (C=O) groups excluding carboxylic acids is 1. The largest absolute Gasteiger partial charge is 0.337 e. The number of benzene rings is 2. The molecule has 3 aromatic rings. The quantitative estimate of drug-likeness (QED) is 0.711. The summed E-state index contributed by atoms with van der Waals surface area (Å²) in [4.78, 5) is 14.8. The highest BCUT2D eigenvalue weighted by Crippen LogP contribution is 2.28. The number of likely N-dealkylation sites (tertiary alicyclic amines) is 1. The number of halogens is 1. The number of hydrogen-bond donors (Lipinski definition) is 0. The van der Waals surface area contributed by atoms with Crippen LogP contribution in [0, 0.1) is 12.7 Å². The second-order valence-electron chi connectivity index (χ2n) is 6.89. The molecule has 6 heteroatoms. The predicted octanol–water partition coefficient (Wildman–Crippen LogP) is 3.73. The van der Waals surface area contributed by atoms with Crippen molar-refractivity contribution in [3.63, 3.8) is 0 Å². The molecule has 1 fully saturated rings. The SMILES string of the molecule is Cc1c(C(=O)N2CCC(c3ccccc3)CC2)nnn1-c1ccc(F)cc1. The van der Waals surface area contributed by atoms with Gasteiger partial charge in [-0.25, -0.2) is 9.07 Å². The van der Waals surface area contributed by atoms with Crippen LogP contribution in [0.4, 0.5) is 4.39 Å². The minimum atomic E-state index is -0.311. The normalized spacial score (nSPS) is 15.1. The molecular weight excluding hydrogens is 343 g/mol. The molecule has 1 amide bonds. The van der Waals surface area contributed by atoms with Crippen LogP contribution in [0.2, 0.25) is 0 Å². The van der Waals surface area contributed by atoms with E-state index in [4.69, 9.17) is 0 Å². The molecule has 0 N–H and O–H groups in total. The summed E-state index contributed by atoms with van der Waals surface area (Å²) < 4.78 is 14.7. The van der Waals surface area contributed by atoms with Crippen molar-refractivity contribution in [1.82, 2.24) is 19.9 Å². The van der Waals surface area contributed by atoms with E-state index in [9.17, 15) is 9.18 Å². The molecular formula is C21H21FN4O. The minimum absolute atomic E-state index is 0.0904. The molecule has 0 saturated carbocycles. The Morgan fingerprint density at radius 2 is 1.70 bits per heavy atom. The van der Waals surface area contributed by atoms with Crippen LogP contribution in [-0.2, 0) is 0 Å². The van der Waals surface area contributed by atoms with Crippen molar-refractivity contribution in [1.29, 1.82) is 0 Å². The van der Waals surface area contributed by atoms with Crippen LogP contribution in [0.3, 0.4) is 0 Å². The number of hydrogen-bond acceptors (Lipinski definition) is 3. The van der Waals surface area contributed by atoms with Gasteiger partial charge in [0.2, 0.25) is 0 Å². The molecule has 0 unspecified atom stereocenters. The first-order chi connectivity index (χ1) is 13.1. The summed E-state index contributed by atoms with van der Waals surface area (Å²) in [6, 6.07) is 16.4. The van der Waals surface area contributed by atoms with Gasteiger partial charge in [0.25, 0.3) is 5.91 Å². The van der Waals surface area contributed by atoms with Crippen LogP contribution in [0.25, 0.3) is 5.69 Å². The van der Waals surface area contributed by atoms with Crippen molar-refractivity contribution < 1.29 is 9.18 Å². The summed E-state index contributed by atoms with van der Waals surface area (Å²) in [5.74, 6) is 0.0905. The number of nitrogens with zero attached hydrogens (tertiary/aromatic N) is 4. The molecule has 1 saturated heterocycles. The van der Waals surface area contributed by atoms with Gasteiger partial charge in [-0.3, -0.25) is 4.79 Å². The minimum Gasteiger partial charge on any atom is -0.337 e. The molecule has 1 aliphatic rings. The molecule has 0 spiro atoms. The smallest absolute Gasteiger partial charge is 0.276 e. The van der Waals surface area contributed by atoms with E-state index in [1.165, 1.54) is 17.7 Å². The molecule has 4 rings (SSSR count). The van der Waals surface area contributed by atoms with Crippen molar-refractivity contribution >= 4 is 5.91 Å². The first kappa shape index (κ1) is 17.4. The lowest BCUT2D eigenvalue weighted by molar-refractivity contribution is 0.0706. The molecule has 2 aromatic carbocycles. The summed E-state index contributed by atoms with van der Waals surface area (Å²) in [6.07, 6.45) is 1.89. The van der Waals surface area contributed by atoms with Gasteiger partial charge >= 0.3 is 0 Å². The van der Waals surface area contributed by atoms with E-state index in [1.807, 2.05) is 17.9 Å². The van der Waals surface area contributed by atoms with Crippen LogP contribution in [0.1, 0.15) is 40.5 Å².